The molecule has 0 saturated heterocycles. The molecule has 0 bridgehead atoms. The van der Waals surface area contributed by atoms with Crippen LogP contribution >= 0.6 is 34.8 Å². The second-order valence-electron chi connectivity index (χ2n) is 2.04. The molecule has 0 N–H and O–H groups in total. The molecule has 0 spiro atoms. The summed E-state index contributed by atoms with van der Waals surface area (Å²) in [6.07, 6.45) is 0. The Morgan fingerprint density at radius 1 is 1.18 bits per heavy atom. The van der Waals surface area contributed by atoms with Crippen LogP contribution in [0.1, 0.15) is 5.56 Å². The van der Waals surface area contributed by atoms with E-state index in [1.165, 1.54) is 0 Å². The lowest BCUT2D eigenvalue weighted by Gasteiger charge is -2.02. The minimum Gasteiger partial charge on any atom is -0.0843 e. The van der Waals surface area contributed by atoms with Gasteiger partial charge >= 0.3 is 0 Å². The summed E-state index contributed by atoms with van der Waals surface area (Å²) >= 11 is 17.3. The van der Waals surface area contributed by atoms with Crippen molar-refractivity contribution in [3.05, 3.63) is 32.8 Å². The van der Waals surface area contributed by atoms with Crippen LogP contribution in [0.25, 0.3) is 0 Å². The maximum absolute atomic E-state index is 5.84. The average molecular weight is 223 g/mol. The molecule has 0 aromatic heterocycles. The highest BCUT2D eigenvalue weighted by Crippen LogP contribution is 2.29. The third kappa shape index (κ3) is 2.12. The van der Waals surface area contributed by atoms with Gasteiger partial charge in [0.25, 0.3) is 0 Å². The monoisotopic (exact) mass is 221 g/mol. The van der Waals surface area contributed by atoms with Gasteiger partial charge in [0.15, 0.2) is 0 Å². The van der Waals surface area contributed by atoms with Crippen molar-refractivity contribution in [2.24, 2.45) is 0 Å². The Morgan fingerprint density at radius 2 is 1.82 bits per heavy atom. The maximum atomic E-state index is 5.84. The van der Waals surface area contributed by atoms with Crippen molar-refractivity contribution < 1.29 is 0 Å². The molecular weight excluding hydrogens is 219 g/mol. The number of benzene rings is 1. The van der Waals surface area contributed by atoms with Crippen LogP contribution in [0, 0.1) is 0 Å². The third-order valence-corrected chi connectivity index (χ3v) is 2.70. The van der Waals surface area contributed by atoms with Crippen LogP contribution in [0.4, 0.5) is 0 Å². The smallest absolute Gasteiger partial charge is 0.0622 e. The highest BCUT2D eigenvalue weighted by Gasteiger charge is 2.04. The minimum absolute atomic E-state index is 0.493. The molecule has 1 rings (SSSR count). The minimum atomic E-state index is 0.493. The van der Waals surface area contributed by atoms with Gasteiger partial charge in [-0.1, -0.05) is 34.8 Å². The molecule has 0 atom stereocenters. The van der Waals surface area contributed by atoms with Gasteiger partial charge in [-0.05, 0) is 23.7 Å². The first-order chi connectivity index (χ1) is 5.15. The first kappa shape index (κ1) is 9.40. The van der Waals surface area contributed by atoms with E-state index in [0.29, 0.717) is 21.1 Å². The first-order valence-electron chi connectivity index (χ1n) is 2.93. The molecular formula is C7H4Cl3Si. The summed E-state index contributed by atoms with van der Waals surface area (Å²) in [5, 5.41) is 1.66. The van der Waals surface area contributed by atoms with Crippen molar-refractivity contribution in [2.75, 3.05) is 0 Å². The molecule has 1 aromatic carbocycles. The molecule has 0 amide bonds. The number of rotatable bonds is 1. The largest absolute Gasteiger partial charge is 0.0843 e. The first-order valence-corrected chi connectivity index (χ1v) is 4.77. The summed E-state index contributed by atoms with van der Waals surface area (Å²) in [5.74, 6) is 0. The highest BCUT2D eigenvalue weighted by molar-refractivity contribution is 6.43. The van der Waals surface area contributed by atoms with Crippen molar-refractivity contribution in [1.82, 2.24) is 0 Å². The van der Waals surface area contributed by atoms with Gasteiger partial charge in [-0.15, -0.1) is 0 Å². The van der Waals surface area contributed by atoms with E-state index in [0.717, 1.165) is 5.56 Å². The molecule has 11 heavy (non-hydrogen) atoms. The molecule has 0 nitrogen and oxygen atoms in total. The van der Waals surface area contributed by atoms with Crippen LogP contribution < -0.4 is 0 Å². The van der Waals surface area contributed by atoms with Crippen LogP contribution in [-0.4, -0.2) is 10.2 Å². The Bertz CT molecular complexity index is 273. The fraction of sp³-hybridized carbons (Fsp3) is 0.143. The molecule has 0 aliphatic carbocycles. The summed E-state index contributed by atoms with van der Waals surface area (Å²) in [4.78, 5) is 0. The van der Waals surface area contributed by atoms with Gasteiger partial charge in [0, 0.05) is 15.3 Å². The quantitative estimate of drug-likeness (QED) is 0.505. The van der Waals surface area contributed by atoms with Gasteiger partial charge in [-0.3, -0.25) is 0 Å². The SMILES string of the molecule is [Si]Cc1cc(Cl)cc(Cl)c1Cl. The van der Waals surface area contributed by atoms with Gasteiger partial charge < -0.3 is 0 Å². The lowest BCUT2D eigenvalue weighted by atomic mass is 10.2. The zero-order valence-corrected chi connectivity index (χ0v) is 8.76. The lowest BCUT2D eigenvalue weighted by molar-refractivity contribution is 1.40. The summed E-state index contributed by atoms with van der Waals surface area (Å²) in [7, 11) is 3.32. The predicted octanol–water partition coefficient (Wildman–Crippen LogP) is 3.32. The maximum Gasteiger partial charge on any atom is 0.0622 e. The van der Waals surface area contributed by atoms with Gasteiger partial charge in [0.1, 0.15) is 0 Å². The molecule has 57 valence electrons. The molecule has 0 unspecified atom stereocenters. The second-order valence-corrected chi connectivity index (χ2v) is 3.61. The summed E-state index contributed by atoms with van der Waals surface area (Å²) in [6.45, 7) is 0. The molecule has 0 heterocycles. The zero-order valence-electron chi connectivity index (χ0n) is 5.50. The summed E-state index contributed by atoms with van der Waals surface area (Å²) < 4.78 is 0. The lowest BCUT2D eigenvalue weighted by Crippen LogP contribution is -1.85. The third-order valence-electron chi connectivity index (χ3n) is 1.26. The molecule has 0 saturated carbocycles. The summed E-state index contributed by atoms with van der Waals surface area (Å²) in [6, 6.07) is 4.05. The molecule has 0 aliphatic rings. The molecule has 1 aromatic rings. The van der Waals surface area contributed by atoms with E-state index in [1.54, 1.807) is 12.1 Å². The van der Waals surface area contributed by atoms with Crippen LogP contribution in [0.3, 0.4) is 0 Å². The molecule has 0 aliphatic heterocycles. The van der Waals surface area contributed by atoms with Gasteiger partial charge in [0.2, 0.25) is 0 Å². The average Bonchev–Trinajstić information content (AvgIpc) is 1.96. The van der Waals surface area contributed by atoms with Gasteiger partial charge in [0.05, 0.1) is 10.0 Å². The van der Waals surface area contributed by atoms with E-state index in [2.05, 4.69) is 10.2 Å². The van der Waals surface area contributed by atoms with Gasteiger partial charge in [-0.2, -0.15) is 0 Å². The van der Waals surface area contributed by atoms with E-state index in [-0.39, 0.29) is 0 Å². The fourth-order valence-corrected chi connectivity index (χ4v) is 1.84. The van der Waals surface area contributed by atoms with Crippen molar-refractivity contribution in [2.45, 2.75) is 6.04 Å². The second kappa shape index (κ2) is 3.81. The Hall–Kier alpha value is 0.307. The van der Waals surface area contributed by atoms with Gasteiger partial charge in [-0.25, -0.2) is 0 Å². The Balaban J connectivity index is 3.24. The van der Waals surface area contributed by atoms with Crippen LogP contribution in [0.2, 0.25) is 15.1 Å². The highest BCUT2D eigenvalue weighted by atomic mass is 35.5. The van der Waals surface area contributed by atoms with Crippen LogP contribution in [-0.2, 0) is 6.04 Å². The standard InChI is InChI=1S/C7H4Cl3Si/c8-5-1-4(3-11)7(10)6(9)2-5/h1-2H,3H2. The van der Waals surface area contributed by atoms with Crippen molar-refractivity contribution in [3.63, 3.8) is 0 Å². The van der Waals surface area contributed by atoms with E-state index >= 15 is 0 Å². The molecule has 4 heteroatoms. The number of hydrogen-bond acceptors (Lipinski definition) is 0. The number of hydrogen-bond donors (Lipinski definition) is 0. The van der Waals surface area contributed by atoms with E-state index < -0.39 is 0 Å². The van der Waals surface area contributed by atoms with E-state index in [1.807, 2.05) is 0 Å². The van der Waals surface area contributed by atoms with Crippen LogP contribution in [0.5, 0.6) is 0 Å². The Kier molecular flexibility index (Phi) is 3.25. The van der Waals surface area contributed by atoms with E-state index in [9.17, 15) is 0 Å². The topological polar surface area (TPSA) is 0 Å². The van der Waals surface area contributed by atoms with Crippen LogP contribution in [0.15, 0.2) is 12.1 Å². The zero-order chi connectivity index (χ0) is 8.43. The summed E-state index contributed by atoms with van der Waals surface area (Å²) in [5.41, 5.74) is 0.904. The Labute approximate surface area is 83.9 Å². The fourth-order valence-electron chi connectivity index (χ4n) is 0.738. The normalized spacial score (nSPS) is 10.2. The van der Waals surface area contributed by atoms with Crippen molar-refractivity contribution in [3.8, 4) is 0 Å². The van der Waals surface area contributed by atoms with Crippen molar-refractivity contribution in [1.29, 1.82) is 0 Å². The molecule has 3 radical (unpaired) electrons. The predicted molar refractivity (Wildman–Crippen MR) is 50.9 cm³/mol. The number of halogens is 3. The van der Waals surface area contributed by atoms with Crippen molar-refractivity contribution >= 4 is 45.0 Å². The van der Waals surface area contributed by atoms with E-state index in [4.69, 9.17) is 34.8 Å². The molecule has 0 fully saturated rings. The Morgan fingerprint density at radius 3 is 2.36 bits per heavy atom.